The smallest absolute Gasteiger partial charge is 0.263 e. The number of thiophene rings is 1. The number of aliphatic hydroxyl groups is 2. The maximum absolute atomic E-state index is 12.5. The van der Waals surface area contributed by atoms with Gasteiger partial charge in [0.05, 0.1) is 30.3 Å². The lowest BCUT2D eigenvalue weighted by Crippen LogP contribution is -2.62. The van der Waals surface area contributed by atoms with Gasteiger partial charge in [-0.15, -0.1) is 11.3 Å². The summed E-state index contributed by atoms with van der Waals surface area (Å²) in [5.74, 6) is 0.0922. The van der Waals surface area contributed by atoms with Gasteiger partial charge in [-0.2, -0.15) is 0 Å². The minimum Gasteiger partial charge on any atom is -0.394 e. The number of rotatable bonds is 4. The Balaban J connectivity index is 1.61. The van der Waals surface area contributed by atoms with Gasteiger partial charge in [0.1, 0.15) is 0 Å². The van der Waals surface area contributed by atoms with Crippen LogP contribution in [0.4, 0.5) is 0 Å². The van der Waals surface area contributed by atoms with Crippen LogP contribution in [0.1, 0.15) is 33.8 Å². The number of aryl methyl sites for hydroxylation is 1. The van der Waals surface area contributed by atoms with E-state index in [1.54, 1.807) is 0 Å². The van der Waals surface area contributed by atoms with Gasteiger partial charge in [0, 0.05) is 29.8 Å². The van der Waals surface area contributed by atoms with Crippen molar-refractivity contribution in [3.63, 3.8) is 0 Å². The van der Waals surface area contributed by atoms with E-state index in [1.165, 1.54) is 11.3 Å². The lowest BCUT2D eigenvalue weighted by atomic mass is 9.58. The summed E-state index contributed by atoms with van der Waals surface area (Å²) in [5, 5.41) is 19.1. The lowest BCUT2D eigenvalue weighted by molar-refractivity contribution is -0.211. The van der Waals surface area contributed by atoms with Gasteiger partial charge in [-0.1, -0.05) is 0 Å². The highest BCUT2D eigenvalue weighted by atomic mass is 32.1. The summed E-state index contributed by atoms with van der Waals surface area (Å²) >= 11 is 1.53. The predicted molar refractivity (Wildman–Crippen MR) is 84.1 cm³/mol. The van der Waals surface area contributed by atoms with Crippen molar-refractivity contribution in [2.45, 2.75) is 38.4 Å². The van der Waals surface area contributed by atoms with Gasteiger partial charge in [-0.05, 0) is 31.9 Å². The fourth-order valence-corrected chi connectivity index (χ4v) is 4.48. The van der Waals surface area contributed by atoms with Gasteiger partial charge >= 0.3 is 0 Å². The molecule has 1 saturated heterocycles. The van der Waals surface area contributed by atoms with Crippen LogP contribution in [0.25, 0.3) is 0 Å². The molecule has 122 valence electrons. The van der Waals surface area contributed by atoms with Crippen LogP contribution < -0.4 is 0 Å². The van der Waals surface area contributed by atoms with Crippen LogP contribution in [0.5, 0.6) is 0 Å². The first-order valence-electron chi connectivity index (χ1n) is 7.83. The minimum atomic E-state index is -0.350. The molecule has 1 aliphatic carbocycles. The van der Waals surface area contributed by atoms with E-state index in [1.807, 2.05) is 24.0 Å². The van der Waals surface area contributed by atoms with E-state index in [0.717, 1.165) is 22.6 Å². The Morgan fingerprint density at radius 1 is 1.45 bits per heavy atom. The molecule has 1 spiro atoms. The number of likely N-dealkylation sites (tertiary alicyclic amines) is 1. The van der Waals surface area contributed by atoms with Crippen molar-refractivity contribution in [2.24, 2.45) is 5.41 Å². The van der Waals surface area contributed by atoms with Gasteiger partial charge in [0.15, 0.2) is 0 Å². The number of piperidine rings is 1. The topological polar surface area (TPSA) is 70.0 Å². The Kier molecular flexibility index (Phi) is 4.54. The second kappa shape index (κ2) is 6.28. The normalized spacial score (nSPS) is 27.0. The number of nitrogens with zero attached hydrogens (tertiary/aromatic N) is 1. The monoisotopic (exact) mass is 325 g/mol. The number of ether oxygens (including phenoxy) is 1. The second-order valence-electron chi connectivity index (χ2n) is 6.27. The van der Waals surface area contributed by atoms with Gasteiger partial charge < -0.3 is 19.8 Å². The van der Waals surface area contributed by atoms with Crippen LogP contribution in [0, 0.1) is 12.3 Å². The number of hydrogen-bond donors (Lipinski definition) is 2. The summed E-state index contributed by atoms with van der Waals surface area (Å²) in [7, 11) is 0. The molecule has 1 amide bonds. The van der Waals surface area contributed by atoms with Crippen LogP contribution in [0.2, 0.25) is 0 Å². The standard InChI is InChI=1S/C16H23NO4S/c1-11-2-3-12(22-11)15(20)17-6-4-16(5-7-17)13(19)10-14(16)21-9-8-18/h2-3,13-14,18-19H,4-10H2,1H3/t13-,14+/m1/s1. The van der Waals surface area contributed by atoms with Gasteiger partial charge in [0.2, 0.25) is 0 Å². The number of hydrogen-bond acceptors (Lipinski definition) is 5. The van der Waals surface area contributed by atoms with Crippen molar-refractivity contribution in [2.75, 3.05) is 26.3 Å². The van der Waals surface area contributed by atoms with Crippen LogP contribution in [0.15, 0.2) is 12.1 Å². The highest BCUT2D eigenvalue weighted by Crippen LogP contribution is 2.51. The molecular weight excluding hydrogens is 302 g/mol. The molecule has 2 fully saturated rings. The maximum atomic E-state index is 12.5. The molecule has 1 aromatic heterocycles. The van der Waals surface area contributed by atoms with E-state index in [2.05, 4.69) is 0 Å². The molecule has 2 heterocycles. The highest BCUT2D eigenvalue weighted by Gasteiger charge is 2.56. The SMILES string of the molecule is Cc1ccc(C(=O)N2CCC3(CC2)[C@H](O)C[C@@H]3OCCO)s1. The van der Waals surface area contributed by atoms with Crippen molar-refractivity contribution in [1.82, 2.24) is 4.90 Å². The molecule has 1 aliphatic heterocycles. The summed E-state index contributed by atoms with van der Waals surface area (Å²) in [6.45, 7) is 3.64. The third kappa shape index (κ3) is 2.69. The molecule has 2 aliphatic rings. The molecular formula is C16H23NO4S. The Hall–Kier alpha value is -0.950. The highest BCUT2D eigenvalue weighted by molar-refractivity contribution is 7.13. The number of carbonyl (C=O) groups is 1. The van der Waals surface area contributed by atoms with Crippen molar-refractivity contribution in [1.29, 1.82) is 0 Å². The molecule has 1 saturated carbocycles. The van der Waals surface area contributed by atoms with E-state index in [-0.39, 0.29) is 30.1 Å². The molecule has 0 radical (unpaired) electrons. The Morgan fingerprint density at radius 2 is 2.18 bits per heavy atom. The fraction of sp³-hybridized carbons (Fsp3) is 0.688. The average Bonchev–Trinajstić information content (AvgIpc) is 2.97. The van der Waals surface area contributed by atoms with Crippen LogP contribution >= 0.6 is 11.3 Å². The van der Waals surface area contributed by atoms with Crippen molar-refractivity contribution >= 4 is 17.2 Å². The van der Waals surface area contributed by atoms with E-state index < -0.39 is 0 Å². The molecule has 6 heteroatoms. The largest absolute Gasteiger partial charge is 0.394 e. The fourth-order valence-electron chi connectivity index (χ4n) is 3.64. The van der Waals surface area contributed by atoms with Crippen molar-refractivity contribution in [3.05, 3.63) is 21.9 Å². The average molecular weight is 325 g/mol. The molecule has 3 rings (SSSR count). The van der Waals surface area contributed by atoms with E-state index in [9.17, 15) is 9.90 Å². The summed E-state index contributed by atoms with van der Waals surface area (Å²) in [6, 6.07) is 3.86. The van der Waals surface area contributed by atoms with Gasteiger partial charge in [-0.25, -0.2) is 0 Å². The molecule has 2 atom stereocenters. The molecule has 0 unspecified atom stereocenters. The van der Waals surface area contributed by atoms with Crippen LogP contribution in [0.3, 0.4) is 0 Å². The Labute approximate surface area is 134 Å². The molecule has 0 bridgehead atoms. The van der Waals surface area contributed by atoms with Gasteiger partial charge in [-0.3, -0.25) is 4.79 Å². The number of amides is 1. The first-order chi connectivity index (χ1) is 10.6. The van der Waals surface area contributed by atoms with E-state index in [4.69, 9.17) is 9.84 Å². The Morgan fingerprint density at radius 3 is 2.73 bits per heavy atom. The third-order valence-electron chi connectivity index (χ3n) is 5.09. The third-order valence-corrected chi connectivity index (χ3v) is 6.07. The summed E-state index contributed by atoms with van der Waals surface area (Å²) in [4.78, 5) is 16.3. The van der Waals surface area contributed by atoms with E-state index in [0.29, 0.717) is 26.1 Å². The minimum absolute atomic E-state index is 0.00498. The molecule has 22 heavy (non-hydrogen) atoms. The predicted octanol–water partition coefficient (Wildman–Crippen LogP) is 1.42. The summed E-state index contributed by atoms with van der Waals surface area (Å²) in [5.41, 5.74) is -0.225. The van der Waals surface area contributed by atoms with E-state index >= 15 is 0 Å². The summed E-state index contributed by atoms with van der Waals surface area (Å²) in [6.07, 6.45) is 1.83. The van der Waals surface area contributed by atoms with Crippen LogP contribution in [-0.2, 0) is 4.74 Å². The molecule has 2 N–H and O–H groups in total. The molecule has 0 aromatic carbocycles. The zero-order valence-electron chi connectivity index (χ0n) is 12.8. The number of carbonyl (C=O) groups excluding carboxylic acids is 1. The van der Waals surface area contributed by atoms with Crippen molar-refractivity contribution < 1.29 is 19.7 Å². The van der Waals surface area contributed by atoms with Crippen LogP contribution in [-0.4, -0.2) is 59.5 Å². The Bertz CT molecular complexity index is 536. The maximum Gasteiger partial charge on any atom is 0.263 e. The first kappa shape index (κ1) is 15.9. The summed E-state index contributed by atoms with van der Waals surface area (Å²) < 4.78 is 5.66. The van der Waals surface area contributed by atoms with Crippen molar-refractivity contribution in [3.8, 4) is 0 Å². The number of aliphatic hydroxyl groups excluding tert-OH is 2. The second-order valence-corrected chi connectivity index (χ2v) is 7.56. The zero-order chi connectivity index (χ0) is 15.7. The quantitative estimate of drug-likeness (QED) is 0.878. The zero-order valence-corrected chi connectivity index (χ0v) is 13.6. The van der Waals surface area contributed by atoms with Gasteiger partial charge in [0.25, 0.3) is 5.91 Å². The molecule has 1 aromatic rings. The molecule has 5 nitrogen and oxygen atoms in total. The first-order valence-corrected chi connectivity index (χ1v) is 8.65. The lowest BCUT2D eigenvalue weighted by Gasteiger charge is -2.56.